The largest absolute Gasteiger partial charge is 0.385 e. The molecule has 1 aromatic carbocycles. The molecule has 0 spiro atoms. The van der Waals surface area contributed by atoms with Gasteiger partial charge in [0.25, 0.3) is 0 Å². The van der Waals surface area contributed by atoms with E-state index in [2.05, 4.69) is 4.90 Å². The van der Waals surface area contributed by atoms with E-state index < -0.39 is 5.60 Å². The molecule has 2 rings (SSSR count). The summed E-state index contributed by atoms with van der Waals surface area (Å²) >= 11 is 0. The summed E-state index contributed by atoms with van der Waals surface area (Å²) in [6.07, 6.45) is 4.02. The molecule has 1 aromatic rings. The summed E-state index contributed by atoms with van der Waals surface area (Å²) in [6, 6.07) is 6.33. The first-order valence-electron chi connectivity index (χ1n) is 6.65. The highest BCUT2D eigenvalue weighted by Crippen LogP contribution is 2.41. The molecule has 1 unspecified atom stereocenters. The van der Waals surface area contributed by atoms with Crippen LogP contribution in [0.1, 0.15) is 31.2 Å². The van der Waals surface area contributed by atoms with Crippen molar-refractivity contribution in [2.75, 3.05) is 20.6 Å². The number of benzene rings is 1. The molecule has 100 valence electrons. The van der Waals surface area contributed by atoms with Gasteiger partial charge < -0.3 is 10.0 Å². The van der Waals surface area contributed by atoms with Crippen LogP contribution in [0.15, 0.2) is 24.3 Å². The van der Waals surface area contributed by atoms with Gasteiger partial charge in [0.2, 0.25) is 0 Å². The molecule has 0 saturated heterocycles. The molecule has 1 fully saturated rings. The van der Waals surface area contributed by atoms with Crippen molar-refractivity contribution in [1.29, 1.82) is 0 Å². The normalized spacial score (nSPS) is 28.6. The zero-order valence-electron chi connectivity index (χ0n) is 11.2. The second kappa shape index (κ2) is 5.37. The van der Waals surface area contributed by atoms with E-state index in [-0.39, 0.29) is 11.7 Å². The van der Waals surface area contributed by atoms with Crippen molar-refractivity contribution >= 4 is 0 Å². The minimum Gasteiger partial charge on any atom is -0.385 e. The standard InChI is InChI=1S/C15H22FNO/c1-17(2)11-13-5-3-4-10-15(13,18)12-6-8-14(16)9-7-12/h6-9,13,18H,3-5,10-11H2,1-2H3/t13-,15?/m0/s1. The minimum atomic E-state index is -0.795. The van der Waals surface area contributed by atoms with Crippen LogP contribution in [-0.2, 0) is 5.60 Å². The second-order valence-electron chi connectivity index (χ2n) is 5.64. The highest BCUT2D eigenvalue weighted by atomic mass is 19.1. The summed E-state index contributed by atoms with van der Waals surface area (Å²) < 4.78 is 13.0. The Morgan fingerprint density at radius 3 is 2.56 bits per heavy atom. The van der Waals surface area contributed by atoms with E-state index >= 15 is 0 Å². The molecule has 1 aliphatic rings. The van der Waals surface area contributed by atoms with E-state index in [1.807, 2.05) is 14.1 Å². The molecule has 1 saturated carbocycles. The Bertz CT molecular complexity index is 390. The highest BCUT2D eigenvalue weighted by molar-refractivity contribution is 5.24. The van der Waals surface area contributed by atoms with Gasteiger partial charge >= 0.3 is 0 Å². The minimum absolute atomic E-state index is 0.228. The average molecular weight is 251 g/mol. The van der Waals surface area contributed by atoms with E-state index in [1.54, 1.807) is 12.1 Å². The fourth-order valence-electron chi connectivity index (χ4n) is 3.03. The van der Waals surface area contributed by atoms with Gasteiger partial charge in [0.05, 0.1) is 5.60 Å². The lowest BCUT2D eigenvalue weighted by Gasteiger charge is -2.41. The van der Waals surface area contributed by atoms with Crippen LogP contribution in [0.3, 0.4) is 0 Å². The Morgan fingerprint density at radius 1 is 1.28 bits per heavy atom. The van der Waals surface area contributed by atoms with E-state index in [0.29, 0.717) is 0 Å². The fourth-order valence-corrected chi connectivity index (χ4v) is 3.03. The van der Waals surface area contributed by atoms with Crippen LogP contribution < -0.4 is 0 Å². The third kappa shape index (κ3) is 2.73. The number of hydrogen-bond acceptors (Lipinski definition) is 2. The van der Waals surface area contributed by atoms with E-state index in [1.165, 1.54) is 18.6 Å². The molecule has 0 aliphatic heterocycles. The number of aliphatic hydroxyl groups is 1. The van der Waals surface area contributed by atoms with Crippen molar-refractivity contribution in [3.63, 3.8) is 0 Å². The van der Waals surface area contributed by atoms with Crippen LogP contribution in [0.5, 0.6) is 0 Å². The summed E-state index contributed by atoms with van der Waals surface area (Å²) in [7, 11) is 4.05. The van der Waals surface area contributed by atoms with Gasteiger partial charge in [-0.15, -0.1) is 0 Å². The van der Waals surface area contributed by atoms with E-state index in [0.717, 1.165) is 31.4 Å². The van der Waals surface area contributed by atoms with Crippen LogP contribution >= 0.6 is 0 Å². The van der Waals surface area contributed by atoms with Gasteiger partial charge in [-0.05, 0) is 44.6 Å². The third-order valence-electron chi connectivity index (χ3n) is 3.97. The number of halogens is 1. The predicted molar refractivity (Wildman–Crippen MR) is 70.8 cm³/mol. The summed E-state index contributed by atoms with van der Waals surface area (Å²) in [4.78, 5) is 2.12. The van der Waals surface area contributed by atoms with Gasteiger partial charge in [-0.3, -0.25) is 0 Å². The quantitative estimate of drug-likeness (QED) is 0.893. The van der Waals surface area contributed by atoms with Crippen molar-refractivity contribution in [3.05, 3.63) is 35.6 Å². The van der Waals surface area contributed by atoms with Crippen molar-refractivity contribution in [2.24, 2.45) is 5.92 Å². The summed E-state index contributed by atoms with van der Waals surface area (Å²) in [6.45, 7) is 0.869. The Morgan fingerprint density at radius 2 is 1.94 bits per heavy atom. The first kappa shape index (κ1) is 13.5. The molecular formula is C15H22FNO. The Balaban J connectivity index is 2.26. The molecule has 0 bridgehead atoms. The van der Waals surface area contributed by atoms with Gasteiger partial charge in [0.1, 0.15) is 5.82 Å². The summed E-state index contributed by atoms with van der Waals surface area (Å²) in [5.74, 6) is -0.0194. The van der Waals surface area contributed by atoms with Crippen LogP contribution in [0.4, 0.5) is 4.39 Å². The fraction of sp³-hybridized carbons (Fsp3) is 0.600. The Labute approximate surface area is 108 Å². The maximum atomic E-state index is 13.0. The molecule has 3 heteroatoms. The molecule has 0 amide bonds. The molecule has 18 heavy (non-hydrogen) atoms. The number of rotatable bonds is 3. The number of hydrogen-bond donors (Lipinski definition) is 1. The second-order valence-corrected chi connectivity index (χ2v) is 5.64. The van der Waals surface area contributed by atoms with Crippen LogP contribution in [-0.4, -0.2) is 30.6 Å². The third-order valence-corrected chi connectivity index (χ3v) is 3.97. The molecule has 2 nitrogen and oxygen atoms in total. The predicted octanol–water partition coefficient (Wildman–Crippen LogP) is 2.77. The molecule has 2 atom stereocenters. The van der Waals surface area contributed by atoms with Gasteiger partial charge in [-0.1, -0.05) is 25.0 Å². The Hall–Kier alpha value is -0.930. The Kier molecular flexibility index (Phi) is 4.03. The molecule has 0 aromatic heterocycles. The first-order valence-corrected chi connectivity index (χ1v) is 6.65. The molecule has 1 N–H and O–H groups in total. The zero-order valence-corrected chi connectivity index (χ0v) is 11.2. The van der Waals surface area contributed by atoms with Gasteiger partial charge in [0.15, 0.2) is 0 Å². The van der Waals surface area contributed by atoms with Crippen LogP contribution in [0, 0.1) is 11.7 Å². The lowest BCUT2D eigenvalue weighted by atomic mass is 9.71. The average Bonchev–Trinajstić information content (AvgIpc) is 2.32. The monoisotopic (exact) mass is 251 g/mol. The first-order chi connectivity index (χ1) is 8.52. The van der Waals surface area contributed by atoms with Gasteiger partial charge in [-0.25, -0.2) is 4.39 Å². The van der Waals surface area contributed by atoms with Gasteiger partial charge in [-0.2, -0.15) is 0 Å². The molecular weight excluding hydrogens is 229 g/mol. The topological polar surface area (TPSA) is 23.5 Å². The maximum absolute atomic E-state index is 13.0. The summed E-state index contributed by atoms with van der Waals surface area (Å²) in [5.41, 5.74) is 0.0615. The maximum Gasteiger partial charge on any atom is 0.123 e. The van der Waals surface area contributed by atoms with Crippen LogP contribution in [0.2, 0.25) is 0 Å². The van der Waals surface area contributed by atoms with Crippen LogP contribution in [0.25, 0.3) is 0 Å². The van der Waals surface area contributed by atoms with Crippen molar-refractivity contribution < 1.29 is 9.50 Å². The zero-order chi connectivity index (χ0) is 13.2. The molecule has 1 aliphatic carbocycles. The smallest absolute Gasteiger partial charge is 0.123 e. The number of nitrogens with zero attached hydrogens (tertiary/aromatic N) is 1. The SMILES string of the molecule is CN(C)C[C@@H]1CCCCC1(O)c1ccc(F)cc1. The van der Waals surface area contributed by atoms with Crippen molar-refractivity contribution in [3.8, 4) is 0 Å². The molecule has 0 heterocycles. The van der Waals surface area contributed by atoms with Gasteiger partial charge in [0, 0.05) is 12.5 Å². The highest BCUT2D eigenvalue weighted by Gasteiger charge is 2.40. The lowest BCUT2D eigenvalue weighted by Crippen LogP contribution is -2.43. The summed E-state index contributed by atoms with van der Waals surface area (Å²) in [5, 5.41) is 11.0. The van der Waals surface area contributed by atoms with E-state index in [4.69, 9.17) is 0 Å². The molecule has 0 radical (unpaired) electrons. The lowest BCUT2D eigenvalue weighted by molar-refractivity contribution is -0.0618. The van der Waals surface area contributed by atoms with E-state index in [9.17, 15) is 9.50 Å². The van der Waals surface area contributed by atoms with Crippen molar-refractivity contribution in [2.45, 2.75) is 31.3 Å². The van der Waals surface area contributed by atoms with Crippen molar-refractivity contribution in [1.82, 2.24) is 4.90 Å².